The Morgan fingerprint density at radius 1 is 1.71 bits per heavy atom. The molecule has 6 heteroatoms. The molecule has 0 aliphatic rings. The van der Waals surface area contributed by atoms with Gasteiger partial charge in [-0.05, 0) is 6.92 Å². The first-order chi connectivity index (χ1) is 6.52. The molecule has 2 N–H and O–H groups in total. The molecule has 0 aromatic carbocycles. The van der Waals surface area contributed by atoms with Gasteiger partial charge in [0.25, 0.3) is 0 Å². The minimum absolute atomic E-state index is 0.412. The highest BCUT2D eigenvalue weighted by atomic mass is 16.6. The van der Waals surface area contributed by atoms with Gasteiger partial charge in [-0.3, -0.25) is 4.79 Å². The topological polar surface area (TPSA) is 99.8 Å². The van der Waals surface area contributed by atoms with Crippen LogP contribution in [0.3, 0.4) is 0 Å². The zero-order valence-corrected chi connectivity index (χ0v) is 8.06. The highest BCUT2D eigenvalue weighted by Gasteiger charge is 2.40. The SMILES string of the molecule is COC(=O)C(C#N)(CO)COC(C)O. The van der Waals surface area contributed by atoms with E-state index in [9.17, 15) is 4.79 Å². The second-order valence-corrected chi connectivity index (χ2v) is 2.75. The average Bonchev–Trinajstić information content (AvgIpc) is 2.19. The van der Waals surface area contributed by atoms with Gasteiger partial charge in [0.05, 0.1) is 26.4 Å². The van der Waals surface area contributed by atoms with E-state index in [1.165, 1.54) is 6.92 Å². The van der Waals surface area contributed by atoms with Crippen LogP contribution in [-0.2, 0) is 14.3 Å². The second-order valence-electron chi connectivity index (χ2n) is 2.75. The van der Waals surface area contributed by atoms with Crippen molar-refractivity contribution in [3.05, 3.63) is 0 Å². The third-order valence-electron chi connectivity index (χ3n) is 1.63. The standard InChI is InChI=1S/C8H13NO5/c1-6(11)14-5-8(3-9,4-10)7(12)13-2/h6,10-11H,4-5H2,1-2H3. The summed E-state index contributed by atoms with van der Waals surface area (Å²) < 4.78 is 9.03. The van der Waals surface area contributed by atoms with E-state index < -0.39 is 30.9 Å². The number of methoxy groups -OCH3 is 1. The molecule has 0 saturated carbocycles. The summed E-state index contributed by atoms with van der Waals surface area (Å²) in [6, 6.07) is 1.61. The maximum Gasteiger partial charge on any atom is 0.331 e. The zero-order chi connectivity index (χ0) is 11.2. The van der Waals surface area contributed by atoms with E-state index in [1.54, 1.807) is 6.07 Å². The molecule has 2 unspecified atom stereocenters. The summed E-state index contributed by atoms with van der Waals surface area (Å²) in [5.41, 5.74) is -1.76. The Morgan fingerprint density at radius 3 is 2.57 bits per heavy atom. The second kappa shape index (κ2) is 5.54. The Balaban J connectivity index is 4.56. The Labute approximate surface area is 81.7 Å². The molecule has 0 fully saturated rings. The molecule has 0 aliphatic heterocycles. The number of nitrogens with zero attached hydrogens (tertiary/aromatic N) is 1. The fourth-order valence-electron chi connectivity index (χ4n) is 0.741. The lowest BCUT2D eigenvalue weighted by Crippen LogP contribution is -2.40. The molecule has 14 heavy (non-hydrogen) atoms. The third-order valence-corrected chi connectivity index (χ3v) is 1.63. The number of aliphatic hydroxyl groups excluding tert-OH is 2. The van der Waals surface area contributed by atoms with Gasteiger partial charge in [-0.2, -0.15) is 5.26 Å². The predicted molar refractivity (Wildman–Crippen MR) is 44.8 cm³/mol. The van der Waals surface area contributed by atoms with Gasteiger partial charge in [0.15, 0.2) is 11.7 Å². The average molecular weight is 203 g/mol. The van der Waals surface area contributed by atoms with Crippen LogP contribution >= 0.6 is 0 Å². The molecule has 0 aromatic rings. The minimum Gasteiger partial charge on any atom is -0.468 e. The predicted octanol–water partition coefficient (Wildman–Crippen LogP) is -0.983. The van der Waals surface area contributed by atoms with Crippen LogP contribution < -0.4 is 0 Å². The molecule has 2 atom stereocenters. The van der Waals surface area contributed by atoms with Crippen LogP contribution in [0.15, 0.2) is 0 Å². The molecular formula is C8H13NO5. The number of nitriles is 1. The van der Waals surface area contributed by atoms with Gasteiger partial charge < -0.3 is 19.7 Å². The lowest BCUT2D eigenvalue weighted by atomic mass is 9.92. The lowest BCUT2D eigenvalue weighted by Gasteiger charge is -2.21. The molecule has 0 aliphatic carbocycles. The summed E-state index contributed by atoms with van der Waals surface area (Å²) in [6.45, 7) is 0.198. The van der Waals surface area contributed by atoms with Crippen molar-refractivity contribution >= 4 is 5.97 Å². The Bertz CT molecular complexity index is 234. The van der Waals surface area contributed by atoms with Crippen molar-refractivity contribution in [3.8, 4) is 6.07 Å². The van der Waals surface area contributed by atoms with Crippen LogP contribution in [0.4, 0.5) is 0 Å². The van der Waals surface area contributed by atoms with Crippen LogP contribution in [0.5, 0.6) is 0 Å². The maximum absolute atomic E-state index is 11.1. The number of rotatable bonds is 5. The number of aliphatic hydroxyl groups is 2. The summed E-state index contributed by atoms with van der Waals surface area (Å²) in [4.78, 5) is 11.1. The van der Waals surface area contributed by atoms with E-state index in [0.717, 1.165) is 7.11 Å². The van der Waals surface area contributed by atoms with Crippen LogP contribution in [0.25, 0.3) is 0 Å². The summed E-state index contributed by atoms with van der Waals surface area (Å²) in [5.74, 6) is -0.886. The molecule has 0 rings (SSSR count). The van der Waals surface area contributed by atoms with E-state index >= 15 is 0 Å². The zero-order valence-electron chi connectivity index (χ0n) is 8.06. The number of carbonyl (C=O) groups is 1. The van der Waals surface area contributed by atoms with Crippen LogP contribution in [-0.4, -0.2) is 42.8 Å². The molecule has 80 valence electrons. The quantitative estimate of drug-likeness (QED) is 0.440. The number of ether oxygens (including phenoxy) is 2. The summed E-state index contributed by atoms with van der Waals surface area (Å²) in [5, 5.41) is 26.4. The lowest BCUT2D eigenvalue weighted by molar-refractivity contribution is -0.163. The first-order valence-corrected chi connectivity index (χ1v) is 3.92. The number of hydrogen-bond donors (Lipinski definition) is 2. The van der Waals surface area contributed by atoms with Crippen molar-refractivity contribution in [2.45, 2.75) is 13.2 Å². The summed E-state index contributed by atoms with van der Waals surface area (Å²) >= 11 is 0. The van der Waals surface area contributed by atoms with Crippen LogP contribution in [0, 0.1) is 16.7 Å². The third kappa shape index (κ3) is 2.96. The molecule has 0 aromatic heterocycles. The highest BCUT2D eigenvalue weighted by molar-refractivity contribution is 5.80. The molecule has 0 saturated heterocycles. The maximum atomic E-state index is 11.1. The van der Waals surface area contributed by atoms with Crippen molar-refractivity contribution in [3.63, 3.8) is 0 Å². The Hall–Kier alpha value is -1.16. The molecule has 6 nitrogen and oxygen atoms in total. The van der Waals surface area contributed by atoms with Crippen molar-refractivity contribution in [2.75, 3.05) is 20.3 Å². The van der Waals surface area contributed by atoms with Gasteiger partial charge in [0.1, 0.15) is 0 Å². The van der Waals surface area contributed by atoms with Crippen molar-refractivity contribution in [2.24, 2.45) is 5.41 Å². The number of carbonyl (C=O) groups excluding carboxylic acids is 1. The van der Waals surface area contributed by atoms with Crippen molar-refractivity contribution in [1.29, 1.82) is 5.26 Å². The molecule has 0 radical (unpaired) electrons. The van der Waals surface area contributed by atoms with E-state index in [0.29, 0.717) is 0 Å². The first kappa shape index (κ1) is 12.8. The van der Waals surface area contributed by atoms with Crippen LogP contribution in [0.2, 0.25) is 0 Å². The number of hydrogen-bond acceptors (Lipinski definition) is 6. The number of esters is 1. The Morgan fingerprint density at radius 2 is 2.29 bits per heavy atom. The van der Waals surface area contributed by atoms with E-state index in [1.807, 2.05) is 0 Å². The normalized spacial score (nSPS) is 16.5. The molecule has 0 spiro atoms. The van der Waals surface area contributed by atoms with Crippen molar-refractivity contribution in [1.82, 2.24) is 0 Å². The molecular weight excluding hydrogens is 190 g/mol. The van der Waals surface area contributed by atoms with E-state index in [-0.39, 0.29) is 0 Å². The van der Waals surface area contributed by atoms with Gasteiger partial charge in [0.2, 0.25) is 0 Å². The fraction of sp³-hybridized carbons (Fsp3) is 0.750. The molecule has 0 amide bonds. The Kier molecular flexibility index (Phi) is 5.09. The summed E-state index contributed by atoms with van der Waals surface area (Å²) in [7, 11) is 1.10. The van der Waals surface area contributed by atoms with Gasteiger partial charge in [-0.15, -0.1) is 0 Å². The largest absolute Gasteiger partial charge is 0.468 e. The molecule has 0 heterocycles. The van der Waals surface area contributed by atoms with Crippen molar-refractivity contribution < 1.29 is 24.5 Å². The van der Waals surface area contributed by atoms with E-state index in [2.05, 4.69) is 9.47 Å². The molecule has 0 bridgehead atoms. The van der Waals surface area contributed by atoms with Gasteiger partial charge in [-0.25, -0.2) is 0 Å². The monoisotopic (exact) mass is 203 g/mol. The minimum atomic E-state index is -1.76. The highest BCUT2D eigenvalue weighted by Crippen LogP contribution is 2.18. The van der Waals surface area contributed by atoms with Gasteiger partial charge >= 0.3 is 5.97 Å². The first-order valence-electron chi connectivity index (χ1n) is 3.92. The van der Waals surface area contributed by atoms with Gasteiger partial charge in [-0.1, -0.05) is 0 Å². The fourth-order valence-corrected chi connectivity index (χ4v) is 0.741. The van der Waals surface area contributed by atoms with Gasteiger partial charge in [0, 0.05) is 0 Å². The summed E-state index contributed by atoms with van der Waals surface area (Å²) in [6.07, 6.45) is -1.11. The smallest absolute Gasteiger partial charge is 0.331 e. The van der Waals surface area contributed by atoms with Crippen LogP contribution in [0.1, 0.15) is 6.92 Å². The van der Waals surface area contributed by atoms with E-state index in [4.69, 9.17) is 15.5 Å².